The molecule has 1 aliphatic rings. The van der Waals surface area contributed by atoms with Crippen LogP contribution in [0.3, 0.4) is 0 Å². The second-order valence-electron chi connectivity index (χ2n) is 6.83. The van der Waals surface area contributed by atoms with Gasteiger partial charge in [0, 0.05) is 19.6 Å². The van der Waals surface area contributed by atoms with Crippen molar-refractivity contribution in [1.29, 1.82) is 0 Å². The Balaban J connectivity index is 1.82. The van der Waals surface area contributed by atoms with E-state index in [1.54, 1.807) is 0 Å². The molecule has 0 amide bonds. The molecule has 1 heterocycles. The molecule has 0 bridgehead atoms. The summed E-state index contributed by atoms with van der Waals surface area (Å²) in [6.45, 7) is 12.0. The first-order valence-corrected chi connectivity index (χ1v) is 8.05. The summed E-state index contributed by atoms with van der Waals surface area (Å²) in [5, 5.41) is 10.2. The van der Waals surface area contributed by atoms with Gasteiger partial charge in [0.1, 0.15) is 18.5 Å². The van der Waals surface area contributed by atoms with Gasteiger partial charge in [-0.05, 0) is 49.3 Å². The van der Waals surface area contributed by atoms with E-state index in [1.165, 1.54) is 12.0 Å². The monoisotopic (exact) mass is 291 g/mol. The first-order chi connectivity index (χ1) is 9.95. The highest BCUT2D eigenvalue weighted by atomic mass is 16.5. The number of aliphatic hydroxyl groups is 1. The third kappa shape index (κ3) is 4.72. The summed E-state index contributed by atoms with van der Waals surface area (Å²) in [7, 11) is 0. The van der Waals surface area contributed by atoms with Crippen LogP contribution in [0.15, 0.2) is 18.2 Å². The zero-order valence-electron chi connectivity index (χ0n) is 13.8. The molecule has 1 saturated heterocycles. The number of β-amino-alcohol motifs (C(OH)–C–C–N with tert-alkyl or cyclic N) is 1. The average Bonchev–Trinajstić information content (AvgIpc) is 2.39. The van der Waals surface area contributed by atoms with Crippen LogP contribution >= 0.6 is 0 Å². The van der Waals surface area contributed by atoms with Gasteiger partial charge in [-0.15, -0.1) is 0 Å². The lowest BCUT2D eigenvalue weighted by Crippen LogP contribution is -2.44. The number of aryl methyl sites for hydroxylation is 1. The predicted octanol–water partition coefficient (Wildman–Crippen LogP) is 3.02. The minimum absolute atomic E-state index is 0.365. The van der Waals surface area contributed by atoms with E-state index in [1.807, 2.05) is 12.1 Å². The molecule has 3 unspecified atom stereocenters. The van der Waals surface area contributed by atoms with Gasteiger partial charge < -0.3 is 14.7 Å². The van der Waals surface area contributed by atoms with E-state index in [2.05, 4.69) is 38.7 Å². The van der Waals surface area contributed by atoms with Crippen molar-refractivity contribution in [2.45, 2.75) is 40.2 Å². The second kappa shape index (κ2) is 7.28. The molecule has 3 heteroatoms. The van der Waals surface area contributed by atoms with Crippen LogP contribution in [0.5, 0.6) is 5.75 Å². The summed E-state index contributed by atoms with van der Waals surface area (Å²) >= 11 is 0. The minimum Gasteiger partial charge on any atom is -0.491 e. The Kier molecular flexibility index (Phi) is 5.65. The maximum atomic E-state index is 10.2. The number of nitrogens with zero attached hydrogens (tertiary/aromatic N) is 1. The molecule has 2 rings (SSSR count). The number of benzene rings is 1. The lowest BCUT2D eigenvalue weighted by atomic mass is 9.92. The van der Waals surface area contributed by atoms with Gasteiger partial charge in [-0.1, -0.05) is 26.0 Å². The van der Waals surface area contributed by atoms with Crippen LogP contribution in [0, 0.1) is 25.7 Å². The molecule has 3 nitrogen and oxygen atoms in total. The van der Waals surface area contributed by atoms with Crippen LogP contribution in [0.25, 0.3) is 0 Å². The summed E-state index contributed by atoms with van der Waals surface area (Å²) in [5.74, 6) is 2.33. The molecule has 0 saturated carbocycles. The largest absolute Gasteiger partial charge is 0.491 e. The normalized spacial score (nSPS) is 24.8. The van der Waals surface area contributed by atoms with Gasteiger partial charge in [0.15, 0.2) is 0 Å². The van der Waals surface area contributed by atoms with Gasteiger partial charge in [-0.25, -0.2) is 0 Å². The molecular formula is C18H29NO2. The Morgan fingerprint density at radius 1 is 1.24 bits per heavy atom. The van der Waals surface area contributed by atoms with Crippen molar-refractivity contribution in [3.8, 4) is 5.75 Å². The van der Waals surface area contributed by atoms with E-state index in [0.29, 0.717) is 13.2 Å². The molecule has 0 aliphatic carbocycles. The molecule has 1 N–H and O–H groups in total. The average molecular weight is 291 g/mol. The number of piperidine rings is 1. The number of hydrogen-bond donors (Lipinski definition) is 1. The maximum absolute atomic E-state index is 10.2. The van der Waals surface area contributed by atoms with Gasteiger partial charge >= 0.3 is 0 Å². The Bertz CT molecular complexity index is 451. The topological polar surface area (TPSA) is 32.7 Å². The van der Waals surface area contributed by atoms with Crippen LogP contribution in [-0.4, -0.2) is 42.4 Å². The number of hydrogen-bond acceptors (Lipinski definition) is 3. The predicted molar refractivity (Wildman–Crippen MR) is 86.8 cm³/mol. The van der Waals surface area contributed by atoms with E-state index >= 15 is 0 Å². The Hall–Kier alpha value is -1.06. The zero-order valence-corrected chi connectivity index (χ0v) is 13.8. The highest BCUT2D eigenvalue weighted by Crippen LogP contribution is 2.22. The molecule has 3 atom stereocenters. The van der Waals surface area contributed by atoms with Crippen molar-refractivity contribution < 1.29 is 9.84 Å². The Morgan fingerprint density at radius 3 is 2.57 bits per heavy atom. The maximum Gasteiger partial charge on any atom is 0.122 e. The number of ether oxygens (including phenoxy) is 1. The van der Waals surface area contributed by atoms with E-state index in [-0.39, 0.29) is 0 Å². The molecule has 0 aromatic heterocycles. The Labute approximate surface area is 128 Å². The van der Waals surface area contributed by atoms with E-state index in [0.717, 1.165) is 36.2 Å². The van der Waals surface area contributed by atoms with Gasteiger partial charge in [0.05, 0.1) is 0 Å². The van der Waals surface area contributed by atoms with Crippen molar-refractivity contribution in [2.24, 2.45) is 11.8 Å². The number of likely N-dealkylation sites (tertiary alicyclic amines) is 1. The molecule has 0 spiro atoms. The third-order valence-electron chi connectivity index (χ3n) is 4.40. The van der Waals surface area contributed by atoms with Crippen molar-refractivity contribution in [1.82, 2.24) is 4.90 Å². The summed E-state index contributed by atoms with van der Waals surface area (Å²) in [6.07, 6.45) is 0.869. The van der Waals surface area contributed by atoms with Crippen LogP contribution in [0.1, 0.15) is 31.4 Å². The van der Waals surface area contributed by atoms with Crippen LogP contribution < -0.4 is 4.74 Å². The van der Waals surface area contributed by atoms with Gasteiger partial charge in [-0.3, -0.25) is 0 Å². The van der Waals surface area contributed by atoms with Crippen molar-refractivity contribution in [2.75, 3.05) is 26.2 Å². The zero-order chi connectivity index (χ0) is 15.4. The molecule has 1 fully saturated rings. The Morgan fingerprint density at radius 2 is 1.90 bits per heavy atom. The van der Waals surface area contributed by atoms with Crippen LogP contribution in [-0.2, 0) is 0 Å². The first-order valence-electron chi connectivity index (χ1n) is 8.05. The molecule has 1 aromatic carbocycles. The molecule has 1 aromatic rings. The fourth-order valence-corrected chi connectivity index (χ4v) is 3.36. The van der Waals surface area contributed by atoms with Crippen molar-refractivity contribution in [3.63, 3.8) is 0 Å². The molecule has 0 radical (unpaired) electrons. The molecular weight excluding hydrogens is 262 g/mol. The summed E-state index contributed by atoms with van der Waals surface area (Å²) in [5.41, 5.74) is 2.38. The molecule has 21 heavy (non-hydrogen) atoms. The van der Waals surface area contributed by atoms with E-state index in [4.69, 9.17) is 4.74 Å². The molecule has 1 aliphatic heterocycles. The fraction of sp³-hybridized carbons (Fsp3) is 0.667. The smallest absolute Gasteiger partial charge is 0.122 e. The van der Waals surface area contributed by atoms with E-state index < -0.39 is 6.10 Å². The van der Waals surface area contributed by atoms with E-state index in [9.17, 15) is 5.11 Å². The summed E-state index contributed by atoms with van der Waals surface area (Å²) < 4.78 is 5.80. The quantitative estimate of drug-likeness (QED) is 0.905. The SMILES string of the molecule is Cc1cccc(OCC(O)CN2CC(C)CC(C)C2)c1C. The van der Waals surface area contributed by atoms with Gasteiger partial charge in [-0.2, -0.15) is 0 Å². The number of rotatable bonds is 5. The minimum atomic E-state index is -0.428. The van der Waals surface area contributed by atoms with Crippen molar-refractivity contribution >= 4 is 0 Å². The lowest BCUT2D eigenvalue weighted by molar-refractivity contribution is 0.0427. The highest BCUT2D eigenvalue weighted by molar-refractivity contribution is 5.38. The van der Waals surface area contributed by atoms with Crippen molar-refractivity contribution in [3.05, 3.63) is 29.3 Å². The fourth-order valence-electron chi connectivity index (χ4n) is 3.36. The summed E-state index contributed by atoms with van der Waals surface area (Å²) in [6, 6.07) is 6.05. The second-order valence-corrected chi connectivity index (χ2v) is 6.83. The number of aliphatic hydroxyl groups excluding tert-OH is 1. The third-order valence-corrected chi connectivity index (χ3v) is 4.40. The van der Waals surface area contributed by atoms with Crippen LogP contribution in [0.2, 0.25) is 0 Å². The molecule has 118 valence electrons. The lowest BCUT2D eigenvalue weighted by Gasteiger charge is -2.35. The van der Waals surface area contributed by atoms with Gasteiger partial charge in [0.2, 0.25) is 0 Å². The van der Waals surface area contributed by atoms with Crippen LogP contribution in [0.4, 0.5) is 0 Å². The standard InChI is InChI=1S/C18H29NO2/c1-13-8-14(2)10-19(9-13)11-17(20)12-21-18-7-5-6-15(3)16(18)4/h5-7,13-14,17,20H,8-12H2,1-4H3. The van der Waals surface area contributed by atoms with Gasteiger partial charge in [0.25, 0.3) is 0 Å². The first kappa shape index (κ1) is 16.3. The highest BCUT2D eigenvalue weighted by Gasteiger charge is 2.23. The summed E-state index contributed by atoms with van der Waals surface area (Å²) in [4.78, 5) is 2.37.